The molecule has 0 aliphatic carbocycles. The van der Waals surface area contributed by atoms with Crippen LogP contribution >= 0.6 is 23.5 Å². The molecule has 0 spiro atoms. The van der Waals surface area contributed by atoms with E-state index in [2.05, 4.69) is 34.3 Å². The lowest BCUT2D eigenvalue weighted by molar-refractivity contribution is -0.119. The Morgan fingerprint density at radius 2 is 1.86 bits per heavy atom. The predicted octanol–water partition coefficient (Wildman–Crippen LogP) is 4.91. The third-order valence-corrected chi connectivity index (χ3v) is 6.52. The van der Waals surface area contributed by atoms with Crippen LogP contribution in [0.25, 0.3) is 0 Å². The summed E-state index contributed by atoms with van der Waals surface area (Å²) in [6.07, 6.45) is 3.33. The number of hydrogen-bond acceptors (Lipinski definition) is 6. The normalized spacial score (nSPS) is 11.7. The van der Waals surface area contributed by atoms with Crippen LogP contribution in [0.15, 0.2) is 75.9 Å². The van der Waals surface area contributed by atoms with E-state index in [0.717, 1.165) is 26.3 Å². The second-order valence-corrected chi connectivity index (χ2v) is 8.38. The number of carbonyl (C=O) groups is 1. The Balaban J connectivity index is 1.61. The largest absolute Gasteiger partial charge is 0.497 e. The quantitative estimate of drug-likeness (QED) is 0.517. The molecule has 1 amide bonds. The molecule has 150 valence electrons. The van der Waals surface area contributed by atoms with Crippen molar-refractivity contribution in [2.75, 3.05) is 12.9 Å². The highest BCUT2D eigenvalue weighted by molar-refractivity contribution is 8.02. The van der Waals surface area contributed by atoms with Crippen LogP contribution in [0.4, 0.5) is 0 Å². The van der Waals surface area contributed by atoms with Gasteiger partial charge in [0.1, 0.15) is 15.8 Å². The number of nitrogens with one attached hydrogen (secondary N) is 1. The van der Waals surface area contributed by atoms with Crippen molar-refractivity contribution in [2.24, 2.45) is 0 Å². The van der Waals surface area contributed by atoms with Crippen LogP contribution in [0.2, 0.25) is 0 Å². The third kappa shape index (κ3) is 5.98. The molecule has 3 rings (SSSR count). The molecule has 0 aliphatic rings. The van der Waals surface area contributed by atoms with Crippen LogP contribution in [-0.2, 0) is 4.79 Å². The molecular formula is C22H23N3O2S2. The highest BCUT2D eigenvalue weighted by Crippen LogP contribution is 2.34. The SMILES string of the molecule is COc1cccc(C(C)NC(=O)CSc2nccnc2Sc2ccccc2C)c1. The number of aryl methyl sites for hydroxylation is 1. The molecular weight excluding hydrogens is 402 g/mol. The fraction of sp³-hybridized carbons (Fsp3) is 0.227. The average Bonchev–Trinajstić information content (AvgIpc) is 2.74. The number of carbonyl (C=O) groups excluding carboxylic acids is 1. The van der Waals surface area contributed by atoms with Crippen molar-refractivity contribution >= 4 is 29.4 Å². The number of hydrogen-bond donors (Lipinski definition) is 1. The summed E-state index contributed by atoms with van der Waals surface area (Å²) in [4.78, 5) is 22.5. The van der Waals surface area contributed by atoms with Crippen LogP contribution < -0.4 is 10.1 Å². The maximum atomic E-state index is 12.5. The molecule has 0 fully saturated rings. The van der Waals surface area contributed by atoms with E-state index in [1.54, 1.807) is 31.3 Å². The molecule has 1 aromatic heterocycles. The van der Waals surface area contributed by atoms with Gasteiger partial charge < -0.3 is 10.1 Å². The Labute approximate surface area is 179 Å². The van der Waals surface area contributed by atoms with Crippen molar-refractivity contribution in [1.29, 1.82) is 0 Å². The van der Waals surface area contributed by atoms with Crippen molar-refractivity contribution in [3.05, 3.63) is 72.1 Å². The molecule has 1 heterocycles. The summed E-state index contributed by atoms with van der Waals surface area (Å²) in [6, 6.07) is 15.7. The standard InChI is InChI=1S/C22H23N3O2S2/c1-15-7-4-5-10-19(15)29-22-21(23-11-12-24-22)28-14-20(26)25-16(2)17-8-6-9-18(13-17)27-3/h4-13,16H,14H2,1-3H3,(H,25,26). The van der Waals surface area contributed by atoms with Crippen LogP contribution in [0.5, 0.6) is 5.75 Å². The molecule has 1 N–H and O–H groups in total. The molecule has 0 saturated carbocycles. The molecule has 1 atom stereocenters. The number of aromatic nitrogens is 2. The van der Waals surface area contributed by atoms with Crippen molar-refractivity contribution < 1.29 is 9.53 Å². The fourth-order valence-electron chi connectivity index (χ4n) is 2.67. The van der Waals surface area contributed by atoms with Gasteiger partial charge in [0.2, 0.25) is 5.91 Å². The molecule has 5 nitrogen and oxygen atoms in total. The van der Waals surface area contributed by atoms with Gasteiger partial charge in [-0.3, -0.25) is 4.79 Å². The van der Waals surface area contributed by atoms with Gasteiger partial charge in [-0.05, 0) is 43.2 Å². The maximum absolute atomic E-state index is 12.5. The molecule has 0 aliphatic heterocycles. The molecule has 7 heteroatoms. The minimum absolute atomic E-state index is 0.0529. The highest BCUT2D eigenvalue weighted by Gasteiger charge is 2.14. The van der Waals surface area contributed by atoms with E-state index in [9.17, 15) is 4.79 Å². The summed E-state index contributed by atoms with van der Waals surface area (Å²) in [7, 11) is 1.63. The zero-order chi connectivity index (χ0) is 20.6. The summed E-state index contributed by atoms with van der Waals surface area (Å²) >= 11 is 2.96. The highest BCUT2D eigenvalue weighted by atomic mass is 32.2. The van der Waals surface area contributed by atoms with Crippen molar-refractivity contribution in [3.8, 4) is 5.75 Å². The molecule has 29 heavy (non-hydrogen) atoms. The van der Waals surface area contributed by atoms with Gasteiger partial charge in [-0.2, -0.15) is 0 Å². The van der Waals surface area contributed by atoms with Crippen molar-refractivity contribution in [2.45, 2.75) is 34.8 Å². The van der Waals surface area contributed by atoms with E-state index in [1.807, 2.05) is 43.3 Å². The van der Waals surface area contributed by atoms with Gasteiger partial charge in [-0.25, -0.2) is 9.97 Å². The van der Waals surface area contributed by atoms with Gasteiger partial charge in [0.05, 0.1) is 18.9 Å². The number of thioether (sulfide) groups is 1. The summed E-state index contributed by atoms with van der Waals surface area (Å²) in [5.74, 6) is 0.993. The lowest BCUT2D eigenvalue weighted by Gasteiger charge is -2.15. The number of rotatable bonds is 8. The second-order valence-electron chi connectivity index (χ2n) is 6.39. The van der Waals surface area contributed by atoms with Crippen LogP contribution in [-0.4, -0.2) is 28.7 Å². The minimum Gasteiger partial charge on any atom is -0.497 e. The maximum Gasteiger partial charge on any atom is 0.230 e. The Bertz CT molecular complexity index is 982. The Kier molecular flexibility index (Phi) is 7.55. The van der Waals surface area contributed by atoms with E-state index >= 15 is 0 Å². The Morgan fingerprint density at radius 3 is 2.62 bits per heavy atom. The number of nitrogens with zero attached hydrogens (tertiary/aromatic N) is 2. The zero-order valence-corrected chi connectivity index (χ0v) is 18.2. The molecule has 1 unspecified atom stereocenters. The Hall–Kier alpha value is -2.51. The summed E-state index contributed by atoms with van der Waals surface area (Å²) in [6.45, 7) is 4.03. The molecule has 3 aromatic rings. The number of methoxy groups -OCH3 is 1. The Morgan fingerprint density at radius 1 is 1.10 bits per heavy atom. The first kappa shape index (κ1) is 21.2. The molecule has 0 saturated heterocycles. The molecule has 0 bridgehead atoms. The lowest BCUT2D eigenvalue weighted by atomic mass is 10.1. The van der Waals surface area contributed by atoms with E-state index < -0.39 is 0 Å². The first-order valence-electron chi connectivity index (χ1n) is 9.17. The van der Waals surface area contributed by atoms with E-state index in [-0.39, 0.29) is 17.7 Å². The fourth-order valence-corrected chi connectivity index (χ4v) is 4.47. The van der Waals surface area contributed by atoms with Crippen molar-refractivity contribution in [1.82, 2.24) is 15.3 Å². The minimum atomic E-state index is -0.110. The van der Waals surface area contributed by atoms with Gasteiger partial charge in [-0.15, -0.1) is 0 Å². The van der Waals surface area contributed by atoms with Gasteiger partial charge in [0.15, 0.2) is 0 Å². The van der Waals surface area contributed by atoms with Gasteiger partial charge in [0, 0.05) is 17.3 Å². The molecule has 2 aromatic carbocycles. The summed E-state index contributed by atoms with van der Waals surface area (Å²) in [5, 5.41) is 4.59. The van der Waals surface area contributed by atoms with Crippen LogP contribution in [0.1, 0.15) is 24.1 Å². The van der Waals surface area contributed by atoms with Gasteiger partial charge >= 0.3 is 0 Å². The zero-order valence-electron chi connectivity index (χ0n) is 16.6. The van der Waals surface area contributed by atoms with Crippen LogP contribution in [0.3, 0.4) is 0 Å². The van der Waals surface area contributed by atoms with E-state index in [1.165, 1.54) is 17.3 Å². The number of benzene rings is 2. The predicted molar refractivity (Wildman–Crippen MR) is 118 cm³/mol. The second kappa shape index (κ2) is 10.3. The van der Waals surface area contributed by atoms with Crippen molar-refractivity contribution in [3.63, 3.8) is 0 Å². The average molecular weight is 426 g/mol. The smallest absolute Gasteiger partial charge is 0.230 e. The monoisotopic (exact) mass is 425 g/mol. The van der Waals surface area contributed by atoms with Gasteiger partial charge in [0.25, 0.3) is 0 Å². The van der Waals surface area contributed by atoms with Crippen LogP contribution in [0, 0.1) is 6.92 Å². The lowest BCUT2D eigenvalue weighted by Crippen LogP contribution is -2.28. The van der Waals surface area contributed by atoms with E-state index in [4.69, 9.17) is 4.74 Å². The first-order valence-corrected chi connectivity index (χ1v) is 11.0. The first-order chi connectivity index (χ1) is 14.1. The van der Waals surface area contributed by atoms with E-state index in [0.29, 0.717) is 0 Å². The summed E-state index contributed by atoms with van der Waals surface area (Å²) < 4.78 is 5.25. The van der Waals surface area contributed by atoms with Gasteiger partial charge in [-0.1, -0.05) is 53.9 Å². The third-order valence-electron chi connectivity index (χ3n) is 4.24. The summed E-state index contributed by atoms with van der Waals surface area (Å²) in [5.41, 5.74) is 2.18. The number of ether oxygens (including phenoxy) is 1. The molecule has 0 radical (unpaired) electrons. The topological polar surface area (TPSA) is 64.1 Å². The number of amides is 1.